The maximum absolute atomic E-state index is 12.2. The fraction of sp³-hybridized carbons (Fsp3) is 0.769. The molecule has 0 aromatic rings. The van der Waals surface area contributed by atoms with Crippen molar-refractivity contribution in [2.24, 2.45) is 0 Å². The minimum absolute atomic E-state index is 0.0554. The molecule has 114 valence electrons. The maximum Gasteiger partial charge on any atom is 0.312 e. The van der Waals surface area contributed by atoms with Crippen molar-refractivity contribution in [3.8, 4) is 0 Å². The van der Waals surface area contributed by atoms with E-state index < -0.39 is 11.8 Å². The van der Waals surface area contributed by atoms with Crippen LogP contribution in [-0.4, -0.2) is 85.8 Å². The van der Waals surface area contributed by atoms with Crippen molar-refractivity contribution in [1.29, 1.82) is 0 Å². The van der Waals surface area contributed by atoms with Gasteiger partial charge < -0.3 is 20.0 Å². The fourth-order valence-corrected chi connectivity index (χ4v) is 1.95. The SMILES string of the molecule is CCN(CC(=O)N(C)C)C(=O)C(=O)N1CCCNCC1. The molecule has 0 aromatic carbocycles. The molecule has 0 atom stereocenters. The smallest absolute Gasteiger partial charge is 0.312 e. The number of nitrogens with zero attached hydrogens (tertiary/aromatic N) is 3. The Bertz CT molecular complexity index is 363. The molecule has 7 heteroatoms. The number of amides is 3. The second-order valence-corrected chi connectivity index (χ2v) is 5.00. The van der Waals surface area contributed by atoms with E-state index in [1.165, 1.54) is 9.80 Å². The van der Waals surface area contributed by atoms with E-state index in [4.69, 9.17) is 0 Å². The van der Waals surface area contributed by atoms with E-state index in [1.54, 1.807) is 25.9 Å². The lowest BCUT2D eigenvalue weighted by Gasteiger charge is -2.25. The number of hydrogen-bond acceptors (Lipinski definition) is 4. The van der Waals surface area contributed by atoms with Crippen LogP contribution in [0, 0.1) is 0 Å². The molecule has 1 N–H and O–H groups in total. The quantitative estimate of drug-likeness (QED) is 0.657. The molecule has 0 spiro atoms. The summed E-state index contributed by atoms with van der Waals surface area (Å²) >= 11 is 0. The van der Waals surface area contributed by atoms with Gasteiger partial charge in [-0.1, -0.05) is 0 Å². The third-order valence-corrected chi connectivity index (χ3v) is 3.30. The third kappa shape index (κ3) is 4.48. The average molecular weight is 284 g/mol. The summed E-state index contributed by atoms with van der Waals surface area (Å²) in [6.45, 7) is 4.71. The molecule has 20 heavy (non-hydrogen) atoms. The predicted molar refractivity (Wildman–Crippen MR) is 75.0 cm³/mol. The van der Waals surface area contributed by atoms with Crippen molar-refractivity contribution in [3.05, 3.63) is 0 Å². The number of carbonyl (C=O) groups excluding carboxylic acids is 3. The molecule has 0 unspecified atom stereocenters. The van der Waals surface area contributed by atoms with Gasteiger partial charge in [0.05, 0.1) is 0 Å². The number of nitrogens with one attached hydrogen (secondary N) is 1. The predicted octanol–water partition coefficient (Wildman–Crippen LogP) is -1.25. The van der Waals surface area contributed by atoms with Crippen LogP contribution in [0.4, 0.5) is 0 Å². The molecule has 0 saturated carbocycles. The first kappa shape index (κ1) is 16.4. The number of hydrogen-bond donors (Lipinski definition) is 1. The molecule has 1 aliphatic heterocycles. The van der Waals surface area contributed by atoms with Gasteiger partial charge in [0.2, 0.25) is 5.91 Å². The van der Waals surface area contributed by atoms with Crippen LogP contribution in [-0.2, 0) is 14.4 Å². The van der Waals surface area contributed by atoms with Crippen molar-refractivity contribution in [2.45, 2.75) is 13.3 Å². The van der Waals surface area contributed by atoms with Crippen LogP contribution in [0.2, 0.25) is 0 Å². The first-order chi connectivity index (χ1) is 9.47. The van der Waals surface area contributed by atoms with Crippen molar-refractivity contribution in [2.75, 3.05) is 53.4 Å². The van der Waals surface area contributed by atoms with E-state index in [1.807, 2.05) is 0 Å². The van der Waals surface area contributed by atoms with Crippen LogP contribution < -0.4 is 5.32 Å². The molecule has 1 rings (SSSR count). The van der Waals surface area contributed by atoms with Crippen LogP contribution in [0.15, 0.2) is 0 Å². The minimum atomic E-state index is -0.593. The zero-order valence-electron chi connectivity index (χ0n) is 12.5. The van der Waals surface area contributed by atoms with E-state index in [2.05, 4.69) is 5.32 Å². The number of likely N-dealkylation sites (N-methyl/N-ethyl adjacent to an activating group) is 2. The summed E-state index contributed by atoms with van der Waals surface area (Å²) < 4.78 is 0. The molecule has 1 fully saturated rings. The highest BCUT2D eigenvalue weighted by atomic mass is 16.2. The normalized spacial score (nSPS) is 15.4. The Morgan fingerprint density at radius 3 is 2.45 bits per heavy atom. The Morgan fingerprint density at radius 1 is 1.15 bits per heavy atom. The number of rotatable bonds is 3. The van der Waals surface area contributed by atoms with E-state index in [0.717, 1.165) is 13.0 Å². The molecular weight excluding hydrogens is 260 g/mol. The Labute approximate surface area is 119 Å². The number of carbonyl (C=O) groups is 3. The van der Waals surface area contributed by atoms with Gasteiger partial charge in [-0.2, -0.15) is 0 Å². The second kappa shape index (κ2) is 7.84. The lowest BCUT2D eigenvalue weighted by Crippen LogP contribution is -2.49. The van der Waals surface area contributed by atoms with Gasteiger partial charge in [-0.15, -0.1) is 0 Å². The highest BCUT2D eigenvalue weighted by molar-refractivity contribution is 6.35. The maximum atomic E-state index is 12.2. The highest BCUT2D eigenvalue weighted by Crippen LogP contribution is 2.01. The molecule has 0 bridgehead atoms. The summed E-state index contributed by atoms with van der Waals surface area (Å²) in [6, 6.07) is 0. The van der Waals surface area contributed by atoms with E-state index in [0.29, 0.717) is 26.2 Å². The van der Waals surface area contributed by atoms with Crippen LogP contribution in [0.1, 0.15) is 13.3 Å². The van der Waals surface area contributed by atoms with Crippen molar-refractivity contribution < 1.29 is 14.4 Å². The summed E-state index contributed by atoms with van der Waals surface area (Å²) in [6.07, 6.45) is 0.835. The summed E-state index contributed by atoms with van der Waals surface area (Å²) in [4.78, 5) is 40.3. The Balaban J connectivity index is 2.64. The zero-order valence-corrected chi connectivity index (χ0v) is 12.5. The molecule has 0 radical (unpaired) electrons. The molecule has 7 nitrogen and oxygen atoms in total. The van der Waals surface area contributed by atoms with Crippen LogP contribution in [0.3, 0.4) is 0 Å². The van der Waals surface area contributed by atoms with Gasteiger partial charge in [-0.05, 0) is 19.9 Å². The first-order valence-electron chi connectivity index (χ1n) is 6.96. The topological polar surface area (TPSA) is 73.0 Å². The summed E-state index contributed by atoms with van der Waals surface area (Å²) in [7, 11) is 3.26. The van der Waals surface area contributed by atoms with Gasteiger partial charge in [0.1, 0.15) is 6.54 Å². The molecule has 1 aliphatic rings. The molecule has 1 saturated heterocycles. The lowest BCUT2D eigenvalue weighted by molar-refractivity contribution is -0.153. The molecular formula is C13H24N4O3. The average Bonchev–Trinajstić information content (AvgIpc) is 2.71. The van der Waals surface area contributed by atoms with Gasteiger partial charge >= 0.3 is 11.8 Å². The Kier molecular flexibility index (Phi) is 6.44. The third-order valence-electron chi connectivity index (χ3n) is 3.30. The van der Waals surface area contributed by atoms with Crippen LogP contribution >= 0.6 is 0 Å². The summed E-state index contributed by atoms with van der Waals surface area (Å²) in [5, 5.41) is 3.18. The van der Waals surface area contributed by atoms with Crippen molar-refractivity contribution in [3.63, 3.8) is 0 Å². The fourth-order valence-electron chi connectivity index (χ4n) is 1.95. The van der Waals surface area contributed by atoms with Crippen LogP contribution in [0.5, 0.6) is 0 Å². The second-order valence-electron chi connectivity index (χ2n) is 5.00. The highest BCUT2D eigenvalue weighted by Gasteiger charge is 2.28. The van der Waals surface area contributed by atoms with Gasteiger partial charge in [0.25, 0.3) is 0 Å². The first-order valence-corrected chi connectivity index (χ1v) is 6.96. The van der Waals surface area contributed by atoms with Crippen LogP contribution in [0.25, 0.3) is 0 Å². The molecule has 0 aliphatic carbocycles. The Hall–Kier alpha value is -1.63. The van der Waals surface area contributed by atoms with Gasteiger partial charge in [0.15, 0.2) is 0 Å². The van der Waals surface area contributed by atoms with E-state index in [-0.39, 0.29) is 12.5 Å². The van der Waals surface area contributed by atoms with E-state index >= 15 is 0 Å². The molecule has 3 amide bonds. The van der Waals surface area contributed by atoms with Gasteiger partial charge in [-0.25, -0.2) is 0 Å². The van der Waals surface area contributed by atoms with E-state index in [9.17, 15) is 14.4 Å². The van der Waals surface area contributed by atoms with Crippen molar-refractivity contribution in [1.82, 2.24) is 20.0 Å². The van der Waals surface area contributed by atoms with Gasteiger partial charge in [0, 0.05) is 40.3 Å². The van der Waals surface area contributed by atoms with Crippen molar-refractivity contribution >= 4 is 17.7 Å². The zero-order chi connectivity index (χ0) is 15.1. The van der Waals surface area contributed by atoms with Gasteiger partial charge in [-0.3, -0.25) is 14.4 Å². The summed E-state index contributed by atoms with van der Waals surface area (Å²) in [5.41, 5.74) is 0. The standard InChI is InChI=1S/C13H24N4O3/c1-4-16(10-11(18)15(2)3)12(19)13(20)17-8-5-6-14-7-9-17/h14H,4-10H2,1-3H3. The lowest BCUT2D eigenvalue weighted by atomic mass is 10.3. The Morgan fingerprint density at radius 2 is 1.85 bits per heavy atom. The summed E-state index contributed by atoms with van der Waals surface area (Å²) in [5.74, 6) is -1.29. The monoisotopic (exact) mass is 284 g/mol. The molecule has 1 heterocycles. The minimum Gasteiger partial charge on any atom is -0.347 e. The largest absolute Gasteiger partial charge is 0.347 e. The molecule has 0 aromatic heterocycles.